The predicted octanol–water partition coefficient (Wildman–Crippen LogP) is 16.0. The third kappa shape index (κ3) is 6.69. The molecule has 8 aromatic rings. The summed E-state index contributed by atoms with van der Waals surface area (Å²) in [7, 11) is 0. The highest BCUT2D eigenvalue weighted by Gasteiger charge is 2.63. The van der Waals surface area contributed by atoms with E-state index in [-0.39, 0.29) is 33.9 Å². The summed E-state index contributed by atoms with van der Waals surface area (Å²) in [6.45, 7) is 26.1. The van der Waals surface area contributed by atoms with Crippen LogP contribution in [-0.4, -0.2) is 12.3 Å². The number of nitrogens with zero attached hydrogens (tertiary/aromatic N) is 3. The van der Waals surface area contributed by atoms with Gasteiger partial charge in [-0.05, 0) is 152 Å². The first-order valence-electron chi connectivity index (χ1n) is 25.7. The van der Waals surface area contributed by atoms with Gasteiger partial charge in [-0.3, -0.25) is 0 Å². The molecule has 70 heavy (non-hydrogen) atoms. The molecule has 2 unspecified atom stereocenters. The van der Waals surface area contributed by atoms with E-state index in [1.54, 1.807) is 0 Å². The molecule has 12 rings (SSSR count). The molecule has 4 heteroatoms. The second-order valence-electron chi connectivity index (χ2n) is 24.3. The standard InChI is InChI=1S/C66H66BN3/c1-62(2,3)47-26-30-50(31-27-47)68-57-34-29-49(64(7,8)9)40-55(57)67-54-32-25-46(44-21-16-13-17-22-44)38-58(54)69(51-24-18-23-45(37-51)43-19-14-12-15-20-43)60-42-52(41-59(68)61(60)67)70-56-33-28-48(63(4,5)6)39-53(56)65(10)35-36-66(65,70)11/h12-34,37-42H,35-36H2,1-11H3. The van der Waals surface area contributed by atoms with Crippen molar-refractivity contribution in [3.05, 3.63) is 198 Å². The van der Waals surface area contributed by atoms with E-state index in [4.69, 9.17) is 0 Å². The van der Waals surface area contributed by atoms with E-state index in [0.717, 1.165) is 12.1 Å². The van der Waals surface area contributed by atoms with Crippen molar-refractivity contribution in [3.8, 4) is 22.3 Å². The Bertz CT molecular complexity index is 3370. The maximum atomic E-state index is 2.76. The average Bonchev–Trinajstić information content (AvgIpc) is 3.47. The zero-order valence-electron chi connectivity index (χ0n) is 43.1. The third-order valence-corrected chi connectivity index (χ3v) is 17.0. The summed E-state index contributed by atoms with van der Waals surface area (Å²) < 4.78 is 0. The Morgan fingerprint density at radius 1 is 0.386 bits per heavy atom. The van der Waals surface area contributed by atoms with E-state index in [2.05, 4.69) is 267 Å². The number of benzene rings is 8. The van der Waals surface area contributed by atoms with Gasteiger partial charge in [-0.2, -0.15) is 0 Å². The van der Waals surface area contributed by atoms with Gasteiger partial charge in [0.2, 0.25) is 0 Å². The fourth-order valence-corrected chi connectivity index (χ4v) is 12.5. The maximum Gasteiger partial charge on any atom is 0.252 e. The lowest BCUT2D eigenvalue weighted by molar-refractivity contribution is 0.133. The van der Waals surface area contributed by atoms with Crippen LogP contribution < -0.4 is 31.1 Å². The van der Waals surface area contributed by atoms with Crippen molar-refractivity contribution in [2.75, 3.05) is 14.7 Å². The molecule has 1 saturated carbocycles. The van der Waals surface area contributed by atoms with Gasteiger partial charge in [-0.1, -0.05) is 191 Å². The minimum absolute atomic E-state index is 0.0125. The van der Waals surface area contributed by atoms with Crippen LogP contribution in [0.3, 0.4) is 0 Å². The molecule has 3 heterocycles. The van der Waals surface area contributed by atoms with E-state index < -0.39 is 0 Å². The van der Waals surface area contributed by atoms with Crippen LogP contribution in [0.1, 0.15) is 111 Å². The van der Waals surface area contributed by atoms with Crippen molar-refractivity contribution < 1.29 is 0 Å². The molecule has 0 amide bonds. The average molecular weight is 912 g/mol. The Morgan fingerprint density at radius 3 is 1.51 bits per heavy atom. The molecule has 3 aliphatic heterocycles. The topological polar surface area (TPSA) is 9.72 Å². The van der Waals surface area contributed by atoms with Crippen molar-refractivity contribution in [2.45, 2.75) is 116 Å². The molecule has 0 aromatic heterocycles. The van der Waals surface area contributed by atoms with E-state index in [9.17, 15) is 0 Å². The van der Waals surface area contributed by atoms with E-state index >= 15 is 0 Å². The zero-order valence-corrected chi connectivity index (χ0v) is 43.1. The minimum Gasteiger partial charge on any atom is -0.334 e. The van der Waals surface area contributed by atoms with Crippen LogP contribution in [0.15, 0.2) is 176 Å². The normalized spacial score (nSPS) is 19.0. The molecule has 2 atom stereocenters. The Balaban J connectivity index is 1.20. The highest BCUT2D eigenvalue weighted by Crippen LogP contribution is 2.66. The molecule has 0 radical (unpaired) electrons. The lowest BCUT2D eigenvalue weighted by Crippen LogP contribution is -2.62. The summed E-state index contributed by atoms with van der Waals surface area (Å²) in [6.07, 6.45) is 2.30. The van der Waals surface area contributed by atoms with Gasteiger partial charge >= 0.3 is 0 Å². The predicted molar refractivity (Wildman–Crippen MR) is 301 cm³/mol. The summed E-state index contributed by atoms with van der Waals surface area (Å²) in [6, 6.07) is 67.7. The van der Waals surface area contributed by atoms with Crippen molar-refractivity contribution in [3.63, 3.8) is 0 Å². The molecule has 1 fully saturated rings. The largest absolute Gasteiger partial charge is 0.334 e. The molecular weight excluding hydrogens is 846 g/mol. The van der Waals surface area contributed by atoms with Crippen LogP contribution in [0.5, 0.6) is 0 Å². The first kappa shape index (κ1) is 44.4. The Labute approximate surface area is 417 Å². The lowest BCUT2D eigenvalue weighted by atomic mass is 9.33. The molecule has 348 valence electrons. The molecule has 8 aromatic carbocycles. The molecule has 1 aliphatic carbocycles. The van der Waals surface area contributed by atoms with Crippen molar-refractivity contribution in [1.29, 1.82) is 0 Å². The van der Waals surface area contributed by atoms with Gasteiger partial charge < -0.3 is 14.7 Å². The SMILES string of the molecule is CC(C)(C)c1ccc(N2c3ccc(C(C)(C)C)cc3B3c4ccc(-c5ccccc5)cc4N(c4cccc(-c5ccccc5)c4)c4cc(N5c6ccc(C(C)(C)C)cc6C6(C)CCC56C)cc2c43)cc1. The maximum absolute atomic E-state index is 2.76. The highest BCUT2D eigenvalue weighted by atomic mass is 15.3. The van der Waals surface area contributed by atoms with Crippen LogP contribution in [0.25, 0.3) is 22.3 Å². The lowest BCUT2D eigenvalue weighted by Gasteiger charge is -2.56. The zero-order chi connectivity index (χ0) is 48.7. The monoisotopic (exact) mass is 912 g/mol. The van der Waals surface area contributed by atoms with Crippen LogP contribution >= 0.6 is 0 Å². The number of anilines is 8. The van der Waals surface area contributed by atoms with Gasteiger partial charge in [-0.15, -0.1) is 0 Å². The molecule has 4 aliphatic rings. The Kier molecular flexibility index (Phi) is 9.75. The summed E-state index contributed by atoms with van der Waals surface area (Å²) in [5.74, 6) is 0. The van der Waals surface area contributed by atoms with Crippen molar-refractivity contribution >= 4 is 68.6 Å². The Hall–Kier alpha value is -6.78. The second-order valence-corrected chi connectivity index (χ2v) is 24.3. The van der Waals surface area contributed by atoms with Crippen LogP contribution in [0, 0.1) is 0 Å². The van der Waals surface area contributed by atoms with Gasteiger partial charge in [0, 0.05) is 50.9 Å². The van der Waals surface area contributed by atoms with Gasteiger partial charge in [0.15, 0.2) is 0 Å². The summed E-state index contributed by atoms with van der Waals surface area (Å²) in [5.41, 5.74) is 24.2. The number of hydrogen-bond acceptors (Lipinski definition) is 3. The van der Waals surface area contributed by atoms with E-state index in [1.807, 2.05) is 0 Å². The van der Waals surface area contributed by atoms with Gasteiger partial charge in [-0.25, -0.2) is 0 Å². The van der Waals surface area contributed by atoms with Crippen LogP contribution in [0.2, 0.25) is 0 Å². The van der Waals surface area contributed by atoms with Gasteiger partial charge in [0.05, 0.1) is 5.54 Å². The van der Waals surface area contributed by atoms with Crippen LogP contribution in [0.4, 0.5) is 45.5 Å². The highest BCUT2D eigenvalue weighted by molar-refractivity contribution is 7.00. The number of rotatable bonds is 5. The molecule has 0 bridgehead atoms. The quantitative estimate of drug-likeness (QED) is 0.159. The smallest absolute Gasteiger partial charge is 0.252 e. The summed E-state index contributed by atoms with van der Waals surface area (Å²) >= 11 is 0. The Morgan fingerprint density at radius 2 is 0.929 bits per heavy atom. The van der Waals surface area contributed by atoms with Gasteiger partial charge in [0.1, 0.15) is 0 Å². The van der Waals surface area contributed by atoms with E-state index in [1.165, 1.54) is 107 Å². The fraction of sp³-hybridized carbons (Fsp3) is 0.273. The first-order valence-corrected chi connectivity index (χ1v) is 25.7. The molecule has 0 N–H and O–H groups in total. The third-order valence-electron chi connectivity index (χ3n) is 17.0. The summed E-state index contributed by atoms with van der Waals surface area (Å²) in [5, 5.41) is 0. The van der Waals surface area contributed by atoms with Gasteiger partial charge in [0.25, 0.3) is 6.71 Å². The van der Waals surface area contributed by atoms with E-state index in [0.29, 0.717) is 0 Å². The van der Waals surface area contributed by atoms with Crippen LogP contribution in [-0.2, 0) is 21.7 Å². The molecule has 3 nitrogen and oxygen atoms in total. The first-order chi connectivity index (χ1) is 33.3. The second kappa shape index (κ2) is 15.4. The molecule has 0 spiro atoms. The molecular formula is C66H66BN3. The molecule has 0 saturated heterocycles. The number of fused-ring (bicyclic) bond motifs is 7. The van der Waals surface area contributed by atoms with Crippen molar-refractivity contribution in [1.82, 2.24) is 0 Å². The minimum atomic E-state index is -0.106. The van der Waals surface area contributed by atoms with Crippen molar-refractivity contribution in [2.24, 2.45) is 0 Å². The number of hydrogen-bond donors (Lipinski definition) is 0. The summed E-state index contributed by atoms with van der Waals surface area (Å²) in [4.78, 5) is 7.99. The fourth-order valence-electron chi connectivity index (χ4n) is 12.5.